The Bertz CT molecular complexity index is 1560. The molecule has 0 spiro atoms. The highest BCUT2D eigenvalue weighted by molar-refractivity contribution is 7.89. The van der Waals surface area contributed by atoms with Crippen LogP contribution in [0, 0.1) is 10.1 Å². The largest absolute Gasteiger partial charge is 0.333 e. The summed E-state index contributed by atoms with van der Waals surface area (Å²) in [6, 6.07) is 23.7. The summed E-state index contributed by atoms with van der Waals surface area (Å²) in [6.45, 7) is -0.114. The summed E-state index contributed by atoms with van der Waals surface area (Å²) in [5.41, 5.74) is 2.15. The molecule has 1 aliphatic heterocycles. The van der Waals surface area contributed by atoms with Crippen molar-refractivity contribution in [2.75, 3.05) is 13.1 Å². The maximum atomic E-state index is 13.5. The van der Waals surface area contributed by atoms with E-state index in [9.17, 15) is 23.3 Å². The molecule has 1 fully saturated rings. The number of aromatic nitrogens is 2. The molecular formula is C27H25N5O5S. The summed E-state index contributed by atoms with van der Waals surface area (Å²) in [7, 11) is -4.30. The number of hydrogen-bond donors (Lipinski definition) is 0. The zero-order valence-electron chi connectivity index (χ0n) is 20.3. The van der Waals surface area contributed by atoms with Crippen molar-refractivity contribution in [1.29, 1.82) is 0 Å². The van der Waals surface area contributed by atoms with Gasteiger partial charge in [0.05, 0.1) is 17.2 Å². The zero-order valence-corrected chi connectivity index (χ0v) is 21.1. The lowest BCUT2D eigenvalue weighted by molar-refractivity contribution is -0.387. The molecule has 1 saturated heterocycles. The molecule has 0 saturated carbocycles. The van der Waals surface area contributed by atoms with E-state index in [4.69, 9.17) is 0 Å². The van der Waals surface area contributed by atoms with Crippen molar-refractivity contribution in [2.45, 2.75) is 23.9 Å². The molecule has 4 aromatic rings. The minimum Gasteiger partial charge on any atom is -0.333 e. The minimum absolute atomic E-state index is 0.00780. The first-order valence-electron chi connectivity index (χ1n) is 12.0. The van der Waals surface area contributed by atoms with Crippen LogP contribution in [0.1, 0.15) is 11.1 Å². The molecule has 0 aliphatic carbocycles. The van der Waals surface area contributed by atoms with E-state index in [0.717, 1.165) is 27.2 Å². The molecule has 1 amide bonds. The predicted octanol–water partition coefficient (Wildman–Crippen LogP) is 3.42. The van der Waals surface area contributed by atoms with Crippen LogP contribution in [0.5, 0.6) is 0 Å². The Labute approximate surface area is 219 Å². The molecule has 5 rings (SSSR count). The van der Waals surface area contributed by atoms with E-state index in [2.05, 4.69) is 5.10 Å². The number of sulfonamides is 1. The number of carbonyl (C=O) groups is 1. The highest BCUT2D eigenvalue weighted by atomic mass is 32.2. The lowest BCUT2D eigenvalue weighted by Gasteiger charge is -2.40. The van der Waals surface area contributed by atoms with Gasteiger partial charge in [0.15, 0.2) is 4.90 Å². The highest BCUT2D eigenvalue weighted by Crippen LogP contribution is 2.29. The third-order valence-electron chi connectivity index (χ3n) is 6.51. The van der Waals surface area contributed by atoms with Crippen molar-refractivity contribution in [3.63, 3.8) is 0 Å². The molecule has 10 nitrogen and oxygen atoms in total. The molecule has 1 atom stereocenters. The maximum absolute atomic E-state index is 13.5. The quantitative estimate of drug-likeness (QED) is 0.254. The van der Waals surface area contributed by atoms with Crippen molar-refractivity contribution >= 4 is 21.6 Å². The third-order valence-corrected chi connectivity index (χ3v) is 8.37. The van der Waals surface area contributed by atoms with Crippen LogP contribution < -0.4 is 0 Å². The number of para-hydroxylation sites is 1. The van der Waals surface area contributed by atoms with Gasteiger partial charge in [-0.15, -0.1) is 0 Å². The van der Waals surface area contributed by atoms with Gasteiger partial charge in [-0.3, -0.25) is 14.9 Å². The SMILES string of the molecule is O=C1CN(S(=O)(=O)c2ccccc2[N+](=O)[O-])CC(Cc2ccccc2)N1Cc1cccc(-n2cccn2)c1. The van der Waals surface area contributed by atoms with Crippen LogP contribution in [0.3, 0.4) is 0 Å². The third kappa shape index (κ3) is 5.20. The Morgan fingerprint density at radius 2 is 1.68 bits per heavy atom. The van der Waals surface area contributed by atoms with E-state index in [1.165, 1.54) is 18.2 Å². The second-order valence-electron chi connectivity index (χ2n) is 9.01. The van der Waals surface area contributed by atoms with Crippen LogP contribution in [0.25, 0.3) is 5.69 Å². The molecular weight excluding hydrogens is 506 g/mol. The maximum Gasteiger partial charge on any atom is 0.289 e. The Hall–Kier alpha value is -4.35. The van der Waals surface area contributed by atoms with Gasteiger partial charge in [0.25, 0.3) is 5.69 Å². The molecule has 3 aromatic carbocycles. The fourth-order valence-electron chi connectivity index (χ4n) is 4.69. The number of amides is 1. The average molecular weight is 532 g/mol. The van der Waals surface area contributed by atoms with Crippen LogP contribution in [0.15, 0.2) is 102 Å². The molecule has 1 aromatic heterocycles. The monoisotopic (exact) mass is 531 g/mol. The normalized spacial score (nSPS) is 16.5. The van der Waals surface area contributed by atoms with Crippen molar-refractivity contribution in [2.24, 2.45) is 0 Å². The standard InChI is InChI=1S/C27H25N5O5S/c33-27-20-29(38(36,37)26-13-5-4-12-25(26)32(34)35)19-24(16-21-8-2-1-3-9-21)30(27)18-22-10-6-11-23(17-22)31-15-7-14-28-31/h1-15,17,24H,16,18-20H2. The minimum atomic E-state index is -4.30. The fraction of sp³-hybridized carbons (Fsp3) is 0.185. The molecule has 0 radical (unpaired) electrons. The summed E-state index contributed by atoms with van der Waals surface area (Å²) in [6.07, 6.45) is 3.94. The molecule has 0 bridgehead atoms. The molecule has 38 heavy (non-hydrogen) atoms. The highest BCUT2D eigenvalue weighted by Gasteiger charge is 2.40. The van der Waals surface area contributed by atoms with Crippen molar-refractivity contribution in [1.82, 2.24) is 19.0 Å². The van der Waals surface area contributed by atoms with Crippen molar-refractivity contribution in [3.8, 4) is 5.69 Å². The van der Waals surface area contributed by atoms with Crippen molar-refractivity contribution < 1.29 is 18.1 Å². The number of nitro groups is 1. The van der Waals surface area contributed by atoms with Gasteiger partial charge < -0.3 is 4.90 Å². The average Bonchev–Trinajstić information content (AvgIpc) is 3.46. The number of nitro benzene ring substituents is 1. The van der Waals surface area contributed by atoms with Gasteiger partial charge in [0.1, 0.15) is 0 Å². The second-order valence-corrected chi connectivity index (χ2v) is 10.9. The second kappa shape index (κ2) is 10.6. The van der Waals surface area contributed by atoms with Gasteiger partial charge >= 0.3 is 0 Å². The van der Waals surface area contributed by atoms with Crippen LogP contribution in [0.2, 0.25) is 0 Å². The first-order valence-corrected chi connectivity index (χ1v) is 13.4. The summed E-state index contributed by atoms with van der Waals surface area (Å²) in [4.78, 5) is 25.6. The van der Waals surface area contributed by atoms with E-state index in [1.54, 1.807) is 15.8 Å². The van der Waals surface area contributed by atoms with Crippen LogP contribution >= 0.6 is 0 Å². The Balaban J connectivity index is 1.46. The van der Waals surface area contributed by atoms with Crippen molar-refractivity contribution in [3.05, 3.63) is 119 Å². The lowest BCUT2D eigenvalue weighted by Crippen LogP contribution is -2.58. The molecule has 1 unspecified atom stereocenters. The van der Waals surface area contributed by atoms with Gasteiger partial charge in [-0.25, -0.2) is 13.1 Å². The summed E-state index contributed by atoms with van der Waals surface area (Å²) < 4.78 is 29.9. The van der Waals surface area contributed by atoms with Gasteiger partial charge in [-0.1, -0.05) is 54.6 Å². The lowest BCUT2D eigenvalue weighted by atomic mass is 10.0. The van der Waals surface area contributed by atoms with Crippen LogP contribution in [-0.4, -0.2) is 57.4 Å². The number of carbonyl (C=O) groups excluding carboxylic acids is 1. The Morgan fingerprint density at radius 1 is 0.947 bits per heavy atom. The number of hydrogen-bond acceptors (Lipinski definition) is 6. The van der Waals surface area contributed by atoms with Gasteiger partial charge in [0, 0.05) is 37.6 Å². The van der Waals surface area contributed by atoms with Gasteiger partial charge in [0.2, 0.25) is 15.9 Å². The fourth-order valence-corrected chi connectivity index (χ4v) is 6.27. The topological polar surface area (TPSA) is 119 Å². The predicted molar refractivity (Wildman–Crippen MR) is 140 cm³/mol. The molecule has 11 heteroatoms. The molecule has 194 valence electrons. The van der Waals surface area contributed by atoms with Gasteiger partial charge in [-0.2, -0.15) is 9.40 Å². The van der Waals surface area contributed by atoms with E-state index in [1.807, 2.05) is 66.9 Å². The summed E-state index contributed by atoms with van der Waals surface area (Å²) in [5, 5.41) is 15.8. The summed E-state index contributed by atoms with van der Waals surface area (Å²) in [5.74, 6) is -0.371. The van der Waals surface area contributed by atoms with E-state index < -0.39 is 38.1 Å². The van der Waals surface area contributed by atoms with Crippen LogP contribution in [0.4, 0.5) is 5.69 Å². The number of nitrogens with zero attached hydrogens (tertiary/aromatic N) is 5. The number of piperazine rings is 1. The molecule has 2 heterocycles. The van der Waals surface area contributed by atoms with E-state index in [0.29, 0.717) is 6.42 Å². The number of rotatable bonds is 8. The first kappa shape index (κ1) is 25.3. The molecule has 1 aliphatic rings. The van der Waals surface area contributed by atoms with E-state index >= 15 is 0 Å². The first-order chi connectivity index (χ1) is 18.3. The molecule has 0 N–H and O–H groups in total. The van der Waals surface area contributed by atoms with Gasteiger partial charge in [-0.05, 0) is 41.8 Å². The smallest absolute Gasteiger partial charge is 0.289 e. The number of benzene rings is 3. The Morgan fingerprint density at radius 3 is 2.42 bits per heavy atom. The summed E-state index contributed by atoms with van der Waals surface area (Å²) >= 11 is 0. The zero-order chi connectivity index (χ0) is 26.7. The Kier molecular flexibility index (Phi) is 7.03. The van der Waals surface area contributed by atoms with Crippen LogP contribution in [-0.2, 0) is 27.8 Å². The van der Waals surface area contributed by atoms with E-state index in [-0.39, 0.29) is 19.0 Å².